The van der Waals surface area contributed by atoms with Gasteiger partial charge >= 0.3 is 0 Å². The average Bonchev–Trinajstić information content (AvgIpc) is 2.58. The van der Waals surface area contributed by atoms with Crippen LogP contribution in [0.5, 0.6) is 0 Å². The molecule has 1 atom stereocenters. The molecule has 0 aliphatic carbocycles. The Balaban J connectivity index is 2.31. The maximum atomic E-state index is 9.95. The van der Waals surface area contributed by atoms with Crippen LogP contribution in [0.1, 0.15) is 18.9 Å². The standard InChI is InChI=1S/C12H17ClN2O/c1-12(16)5-6-15(8-12)11-4-2-3-10(13)9(11)7-14/h2-4,16H,5-8,14H2,1H3. The zero-order valence-corrected chi connectivity index (χ0v) is 10.2. The van der Waals surface area contributed by atoms with Gasteiger partial charge in [-0.2, -0.15) is 0 Å². The van der Waals surface area contributed by atoms with Gasteiger partial charge in [-0.25, -0.2) is 0 Å². The first-order valence-electron chi connectivity index (χ1n) is 5.48. The predicted molar refractivity (Wildman–Crippen MR) is 66.8 cm³/mol. The Kier molecular flexibility index (Phi) is 3.10. The summed E-state index contributed by atoms with van der Waals surface area (Å²) in [6, 6.07) is 5.78. The molecule has 2 rings (SSSR count). The lowest BCUT2D eigenvalue weighted by molar-refractivity contribution is 0.0839. The molecule has 0 bridgehead atoms. The van der Waals surface area contributed by atoms with Crippen molar-refractivity contribution in [1.82, 2.24) is 0 Å². The molecule has 0 radical (unpaired) electrons. The van der Waals surface area contributed by atoms with E-state index in [4.69, 9.17) is 17.3 Å². The summed E-state index contributed by atoms with van der Waals surface area (Å²) in [6.07, 6.45) is 0.781. The van der Waals surface area contributed by atoms with E-state index < -0.39 is 5.60 Å². The van der Waals surface area contributed by atoms with Crippen LogP contribution in [-0.2, 0) is 6.54 Å². The molecule has 0 spiro atoms. The van der Waals surface area contributed by atoms with Crippen molar-refractivity contribution in [2.45, 2.75) is 25.5 Å². The van der Waals surface area contributed by atoms with E-state index in [2.05, 4.69) is 4.90 Å². The summed E-state index contributed by atoms with van der Waals surface area (Å²) in [7, 11) is 0. The zero-order valence-electron chi connectivity index (χ0n) is 9.41. The second-order valence-electron chi connectivity index (χ2n) is 4.61. The van der Waals surface area contributed by atoms with Crippen LogP contribution in [0.4, 0.5) is 5.69 Å². The minimum absolute atomic E-state index is 0.424. The van der Waals surface area contributed by atoms with Crippen LogP contribution in [0.15, 0.2) is 18.2 Å². The highest BCUT2D eigenvalue weighted by molar-refractivity contribution is 6.31. The van der Waals surface area contributed by atoms with Gasteiger partial charge in [0, 0.05) is 35.9 Å². The first-order chi connectivity index (χ1) is 7.53. The molecule has 1 aromatic carbocycles. The van der Waals surface area contributed by atoms with Gasteiger partial charge in [-0.05, 0) is 25.5 Å². The maximum absolute atomic E-state index is 9.95. The number of β-amino-alcohol motifs (C(OH)–C–C–N with tert-alkyl or cyclic N) is 1. The fourth-order valence-electron chi connectivity index (χ4n) is 2.20. The highest BCUT2D eigenvalue weighted by Crippen LogP contribution is 2.32. The predicted octanol–water partition coefficient (Wildman–Crippen LogP) is 1.76. The summed E-state index contributed by atoms with van der Waals surface area (Å²) in [5, 5.41) is 10.7. The Morgan fingerprint density at radius 3 is 2.88 bits per heavy atom. The minimum Gasteiger partial charge on any atom is -0.388 e. The lowest BCUT2D eigenvalue weighted by atomic mass is 10.1. The first kappa shape index (κ1) is 11.7. The monoisotopic (exact) mass is 240 g/mol. The zero-order chi connectivity index (χ0) is 11.8. The largest absolute Gasteiger partial charge is 0.388 e. The van der Waals surface area contributed by atoms with Gasteiger partial charge in [0.15, 0.2) is 0 Å². The van der Waals surface area contributed by atoms with Crippen LogP contribution < -0.4 is 10.6 Å². The van der Waals surface area contributed by atoms with Crippen molar-refractivity contribution in [1.29, 1.82) is 0 Å². The van der Waals surface area contributed by atoms with Gasteiger partial charge in [0.2, 0.25) is 0 Å². The Bertz CT molecular complexity index is 393. The molecule has 3 nitrogen and oxygen atoms in total. The van der Waals surface area contributed by atoms with Crippen molar-refractivity contribution in [2.24, 2.45) is 5.73 Å². The lowest BCUT2D eigenvalue weighted by Gasteiger charge is -2.23. The van der Waals surface area contributed by atoms with E-state index in [0.717, 1.165) is 24.2 Å². The molecule has 1 aromatic rings. The summed E-state index contributed by atoms with van der Waals surface area (Å²) in [6.45, 7) is 3.77. The van der Waals surface area contributed by atoms with Gasteiger partial charge in [-0.1, -0.05) is 17.7 Å². The molecule has 1 fully saturated rings. The molecule has 16 heavy (non-hydrogen) atoms. The van der Waals surface area contributed by atoms with Crippen molar-refractivity contribution in [3.8, 4) is 0 Å². The number of halogens is 1. The van der Waals surface area contributed by atoms with Gasteiger partial charge < -0.3 is 15.7 Å². The quantitative estimate of drug-likeness (QED) is 0.828. The number of nitrogens with two attached hydrogens (primary N) is 1. The van der Waals surface area contributed by atoms with E-state index in [1.54, 1.807) is 0 Å². The van der Waals surface area contributed by atoms with Gasteiger partial charge in [-0.3, -0.25) is 0 Å². The minimum atomic E-state index is -0.603. The number of hydrogen-bond donors (Lipinski definition) is 2. The molecular weight excluding hydrogens is 224 g/mol. The summed E-state index contributed by atoms with van der Waals surface area (Å²) in [5.41, 5.74) is 7.12. The molecule has 3 N–H and O–H groups in total. The molecule has 4 heteroatoms. The van der Waals surface area contributed by atoms with E-state index in [-0.39, 0.29) is 0 Å². The third-order valence-electron chi connectivity index (χ3n) is 3.09. The molecular formula is C12H17ClN2O. The van der Waals surface area contributed by atoms with Crippen molar-refractivity contribution in [2.75, 3.05) is 18.0 Å². The molecule has 1 saturated heterocycles. The van der Waals surface area contributed by atoms with Crippen LogP contribution >= 0.6 is 11.6 Å². The van der Waals surface area contributed by atoms with E-state index in [9.17, 15) is 5.11 Å². The van der Waals surface area contributed by atoms with Crippen molar-refractivity contribution in [3.63, 3.8) is 0 Å². The summed E-state index contributed by atoms with van der Waals surface area (Å²) in [5.74, 6) is 0. The SMILES string of the molecule is CC1(O)CCN(c2cccc(Cl)c2CN)C1. The number of nitrogens with zero attached hydrogens (tertiary/aromatic N) is 1. The second-order valence-corrected chi connectivity index (χ2v) is 5.02. The van der Waals surface area contributed by atoms with Gasteiger partial charge in [0.25, 0.3) is 0 Å². The Morgan fingerprint density at radius 1 is 1.56 bits per heavy atom. The van der Waals surface area contributed by atoms with E-state index >= 15 is 0 Å². The van der Waals surface area contributed by atoms with Gasteiger partial charge in [0.05, 0.1) is 5.60 Å². The van der Waals surface area contributed by atoms with Crippen LogP contribution in [-0.4, -0.2) is 23.8 Å². The maximum Gasteiger partial charge on any atom is 0.0810 e. The van der Waals surface area contributed by atoms with Gasteiger partial charge in [-0.15, -0.1) is 0 Å². The molecule has 0 amide bonds. The van der Waals surface area contributed by atoms with Crippen molar-refractivity contribution in [3.05, 3.63) is 28.8 Å². The third-order valence-corrected chi connectivity index (χ3v) is 3.44. The molecule has 1 unspecified atom stereocenters. The van der Waals surface area contributed by atoms with E-state index in [1.807, 2.05) is 25.1 Å². The molecule has 0 aromatic heterocycles. The van der Waals surface area contributed by atoms with Crippen LogP contribution in [0.2, 0.25) is 5.02 Å². The van der Waals surface area contributed by atoms with Crippen LogP contribution in [0, 0.1) is 0 Å². The van der Waals surface area contributed by atoms with E-state index in [0.29, 0.717) is 18.1 Å². The van der Waals surface area contributed by atoms with Gasteiger partial charge in [0.1, 0.15) is 0 Å². The fourth-order valence-corrected chi connectivity index (χ4v) is 2.44. The number of benzene rings is 1. The number of hydrogen-bond acceptors (Lipinski definition) is 3. The molecule has 88 valence electrons. The summed E-state index contributed by atoms with van der Waals surface area (Å²) >= 11 is 6.11. The highest BCUT2D eigenvalue weighted by atomic mass is 35.5. The molecule has 1 aliphatic heterocycles. The summed E-state index contributed by atoms with van der Waals surface area (Å²) < 4.78 is 0. The van der Waals surface area contributed by atoms with Crippen LogP contribution in [0.3, 0.4) is 0 Å². The Morgan fingerprint density at radius 2 is 2.31 bits per heavy atom. The Labute approximate surface area is 101 Å². The normalized spacial score (nSPS) is 25.1. The fraction of sp³-hybridized carbons (Fsp3) is 0.500. The van der Waals surface area contributed by atoms with E-state index in [1.165, 1.54) is 0 Å². The number of rotatable bonds is 2. The third kappa shape index (κ3) is 2.17. The lowest BCUT2D eigenvalue weighted by Crippen LogP contribution is -2.30. The van der Waals surface area contributed by atoms with Crippen molar-refractivity contribution < 1.29 is 5.11 Å². The second kappa shape index (κ2) is 4.24. The molecule has 1 heterocycles. The average molecular weight is 241 g/mol. The Hall–Kier alpha value is -0.770. The summed E-state index contributed by atoms with van der Waals surface area (Å²) in [4.78, 5) is 2.15. The first-order valence-corrected chi connectivity index (χ1v) is 5.86. The van der Waals surface area contributed by atoms with Crippen molar-refractivity contribution >= 4 is 17.3 Å². The molecule has 1 aliphatic rings. The molecule has 0 saturated carbocycles. The van der Waals surface area contributed by atoms with Crippen LogP contribution in [0.25, 0.3) is 0 Å². The highest BCUT2D eigenvalue weighted by Gasteiger charge is 2.32. The smallest absolute Gasteiger partial charge is 0.0810 e. The topological polar surface area (TPSA) is 49.5 Å². The number of anilines is 1. The number of aliphatic hydroxyl groups is 1.